The van der Waals surface area contributed by atoms with Crippen molar-refractivity contribution in [3.05, 3.63) is 61.2 Å². The summed E-state index contributed by atoms with van der Waals surface area (Å²) in [6.07, 6.45) is 7.71. The molecule has 1 aromatic carbocycles. The molecule has 0 N–H and O–H groups in total. The highest BCUT2D eigenvalue weighted by molar-refractivity contribution is 7.80. The normalized spacial score (nSPS) is 10.7. The molecular formula is C18H19N3O5S. The van der Waals surface area contributed by atoms with Crippen LogP contribution in [0.4, 0.5) is 0 Å². The molecule has 0 amide bonds. The molecule has 0 saturated carbocycles. The van der Waals surface area contributed by atoms with Crippen molar-refractivity contribution in [3.63, 3.8) is 0 Å². The van der Waals surface area contributed by atoms with Gasteiger partial charge in [-0.15, -0.1) is 0 Å². The van der Waals surface area contributed by atoms with Crippen molar-refractivity contribution in [1.82, 2.24) is 9.97 Å². The maximum atomic E-state index is 9.22. The summed E-state index contributed by atoms with van der Waals surface area (Å²) in [6, 6.07) is 11.8. The van der Waals surface area contributed by atoms with E-state index in [0.717, 1.165) is 29.5 Å². The molecule has 2 aromatic heterocycles. The highest BCUT2D eigenvalue weighted by Gasteiger charge is 2.04. The minimum Gasteiger partial charge on any atom is -0.726 e. The Labute approximate surface area is 158 Å². The van der Waals surface area contributed by atoms with Crippen LogP contribution in [-0.2, 0) is 21.6 Å². The predicted octanol–water partition coefficient (Wildman–Crippen LogP) is 1.74. The Bertz CT molecular complexity index is 957. The van der Waals surface area contributed by atoms with Crippen LogP contribution in [0.25, 0.3) is 22.5 Å². The third-order valence-electron chi connectivity index (χ3n) is 3.52. The summed E-state index contributed by atoms with van der Waals surface area (Å²) in [5.74, 6) is 1.54. The molecule has 142 valence electrons. The molecule has 0 fully saturated rings. The van der Waals surface area contributed by atoms with Crippen LogP contribution in [0.5, 0.6) is 5.75 Å². The van der Waals surface area contributed by atoms with Crippen molar-refractivity contribution in [1.29, 1.82) is 0 Å². The first-order valence-electron chi connectivity index (χ1n) is 7.76. The van der Waals surface area contributed by atoms with Gasteiger partial charge in [-0.25, -0.2) is 23.0 Å². The number of nitrogens with zero attached hydrogens (tertiary/aromatic N) is 3. The van der Waals surface area contributed by atoms with Gasteiger partial charge in [-0.3, -0.25) is 4.18 Å². The topological polar surface area (TPSA) is 105 Å². The van der Waals surface area contributed by atoms with E-state index in [2.05, 4.69) is 14.2 Å². The zero-order valence-electron chi connectivity index (χ0n) is 15.1. The van der Waals surface area contributed by atoms with Crippen LogP contribution in [0, 0.1) is 0 Å². The van der Waals surface area contributed by atoms with Crippen molar-refractivity contribution in [2.24, 2.45) is 7.05 Å². The van der Waals surface area contributed by atoms with Gasteiger partial charge >= 0.3 is 0 Å². The number of aromatic nitrogens is 3. The second-order valence-electron chi connectivity index (χ2n) is 5.35. The van der Waals surface area contributed by atoms with Crippen LogP contribution < -0.4 is 9.30 Å². The summed E-state index contributed by atoms with van der Waals surface area (Å²) in [5.41, 5.74) is 3.09. The fraction of sp³-hybridized carbons (Fsp3) is 0.167. The number of rotatable bonds is 4. The van der Waals surface area contributed by atoms with E-state index < -0.39 is 10.4 Å². The van der Waals surface area contributed by atoms with Crippen LogP contribution in [0.2, 0.25) is 0 Å². The number of benzene rings is 1. The Morgan fingerprint density at radius 2 is 1.41 bits per heavy atom. The first-order chi connectivity index (χ1) is 12.8. The number of hydrogen-bond donors (Lipinski definition) is 0. The Morgan fingerprint density at radius 3 is 1.85 bits per heavy atom. The summed E-state index contributed by atoms with van der Waals surface area (Å²) in [6.45, 7) is 0. The van der Waals surface area contributed by atoms with E-state index in [1.54, 1.807) is 7.11 Å². The van der Waals surface area contributed by atoms with E-state index in [1.165, 1.54) is 0 Å². The van der Waals surface area contributed by atoms with Crippen molar-refractivity contribution in [2.45, 2.75) is 0 Å². The monoisotopic (exact) mass is 389 g/mol. The third kappa shape index (κ3) is 6.41. The van der Waals surface area contributed by atoms with E-state index in [-0.39, 0.29) is 0 Å². The van der Waals surface area contributed by atoms with Crippen LogP contribution in [0.15, 0.2) is 61.2 Å². The van der Waals surface area contributed by atoms with Gasteiger partial charge in [0.05, 0.1) is 14.2 Å². The fourth-order valence-electron chi connectivity index (χ4n) is 2.06. The minimum atomic E-state index is -4.41. The van der Waals surface area contributed by atoms with Gasteiger partial charge < -0.3 is 9.29 Å². The molecule has 0 unspecified atom stereocenters. The van der Waals surface area contributed by atoms with Crippen molar-refractivity contribution < 1.29 is 26.5 Å². The molecule has 27 heavy (non-hydrogen) atoms. The lowest BCUT2D eigenvalue weighted by molar-refractivity contribution is -0.671. The van der Waals surface area contributed by atoms with Gasteiger partial charge in [-0.05, 0) is 29.8 Å². The predicted molar refractivity (Wildman–Crippen MR) is 97.3 cm³/mol. The number of methoxy groups -OCH3 is 1. The molecule has 0 aliphatic rings. The fourth-order valence-corrected chi connectivity index (χ4v) is 2.06. The SMILES string of the molecule is COS(=O)(=O)[O-].COc1ccc(-c2ncc(-c3cc[n+](C)cc3)cn2)cc1. The second kappa shape index (κ2) is 9.17. The summed E-state index contributed by atoms with van der Waals surface area (Å²) in [7, 11) is 0.0419. The largest absolute Gasteiger partial charge is 0.726 e. The van der Waals surface area contributed by atoms with Crippen LogP contribution in [0.3, 0.4) is 0 Å². The van der Waals surface area contributed by atoms with Crippen LogP contribution in [0.1, 0.15) is 0 Å². The standard InChI is InChI=1S/C17H16N3O.CH4O4S/c1-20-9-7-13(8-10-20)15-11-18-17(19-12-15)14-3-5-16(21-2)6-4-14;1-5-6(2,3)4/h3-12H,1-2H3;1H3,(H,2,3,4)/q+1;/p-1. The average Bonchev–Trinajstić information content (AvgIpc) is 2.69. The Hall–Kier alpha value is -2.88. The van der Waals surface area contributed by atoms with E-state index >= 15 is 0 Å². The zero-order valence-corrected chi connectivity index (χ0v) is 15.9. The van der Waals surface area contributed by atoms with Crippen molar-refractivity contribution in [3.8, 4) is 28.3 Å². The smallest absolute Gasteiger partial charge is 0.217 e. The number of hydrogen-bond acceptors (Lipinski definition) is 7. The molecule has 3 rings (SSSR count). The van der Waals surface area contributed by atoms with Gasteiger partial charge in [0.1, 0.15) is 12.8 Å². The van der Waals surface area contributed by atoms with Gasteiger partial charge in [0.2, 0.25) is 10.4 Å². The lowest BCUT2D eigenvalue weighted by atomic mass is 10.1. The molecule has 9 heteroatoms. The lowest BCUT2D eigenvalue weighted by Crippen LogP contribution is -2.25. The van der Waals surface area contributed by atoms with Crippen LogP contribution in [-0.4, -0.2) is 37.2 Å². The first-order valence-corrected chi connectivity index (χ1v) is 9.09. The summed E-state index contributed by atoms with van der Waals surface area (Å²) in [5, 5.41) is 0. The van der Waals surface area contributed by atoms with E-state index in [0.29, 0.717) is 5.82 Å². The Morgan fingerprint density at radius 1 is 0.889 bits per heavy atom. The molecule has 0 aliphatic heterocycles. The molecule has 0 spiro atoms. The molecule has 0 aliphatic carbocycles. The highest BCUT2D eigenvalue weighted by atomic mass is 32.3. The Balaban J connectivity index is 0.000000380. The van der Waals surface area contributed by atoms with Crippen LogP contribution >= 0.6 is 0 Å². The van der Waals surface area contributed by atoms with Gasteiger partial charge in [0, 0.05) is 35.7 Å². The van der Waals surface area contributed by atoms with E-state index in [1.807, 2.05) is 72.8 Å². The van der Waals surface area contributed by atoms with Crippen molar-refractivity contribution >= 4 is 10.4 Å². The average molecular weight is 389 g/mol. The molecule has 2 heterocycles. The molecule has 0 atom stereocenters. The summed E-state index contributed by atoms with van der Waals surface area (Å²) in [4.78, 5) is 8.89. The second-order valence-corrected chi connectivity index (χ2v) is 6.50. The van der Waals surface area contributed by atoms with Crippen molar-refractivity contribution in [2.75, 3.05) is 14.2 Å². The van der Waals surface area contributed by atoms with Gasteiger partial charge in [0.15, 0.2) is 18.2 Å². The maximum absolute atomic E-state index is 9.22. The molecule has 8 nitrogen and oxygen atoms in total. The maximum Gasteiger partial charge on any atom is 0.217 e. The summed E-state index contributed by atoms with van der Waals surface area (Å²) >= 11 is 0. The van der Waals surface area contributed by atoms with Gasteiger partial charge in [0.25, 0.3) is 0 Å². The molecule has 0 radical (unpaired) electrons. The Kier molecular flexibility index (Phi) is 6.94. The van der Waals surface area contributed by atoms with Gasteiger partial charge in [-0.2, -0.15) is 0 Å². The molecule has 3 aromatic rings. The summed E-state index contributed by atoms with van der Waals surface area (Å²) < 4.78 is 38.2. The number of pyridine rings is 1. The number of aryl methyl sites for hydroxylation is 1. The van der Waals surface area contributed by atoms with Gasteiger partial charge in [-0.1, -0.05) is 0 Å². The minimum absolute atomic E-state index is 0.711. The van der Waals surface area contributed by atoms with E-state index in [9.17, 15) is 13.0 Å². The third-order valence-corrected chi connectivity index (χ3v) is 3.92. The highest BCUT2D eigenvalue weighted by Crippen LogP contribution is 2.21. The molecule has 0 saturated heterocycles. The van der Waals surface area contributed by atoms with E-state index in [4.69, 9.17) is 4.74 Å². The number of ether oxygens (including phenoxy) is 1. The first kappa shape index (κ1) is 20.4. The molecule has 0 bridgehead atoms. The lowest BCUT2D eigenvalue weighted by Gasteiger charge is -2.04. The molecular weight excluding hydrogens is 370 g/mol. The quantitative estimate of drug-likeness (QED) is 0.380. The zero-order chi connectivity index (χ0) is 19.9.